The Bertz CT molecular complexity index is 652. The molecule has 0 radical (unpaired) electrons. The predicted molar refractivity (Wildman–Crippen MR) is 118 cm³/mol. The largest absolute Gasteiger partial charge is 0.491 e. The molecule has 9 heteroatoms. The zero-order chi connectivity index (χ0) is 19.6. The minimum atomic E-state index is -0.377. The number of guanidine groups is 1. The monoisotopic (exact) mass is 508 g/mol. The highest BCUT2D eigenvalue weighted by atomic mass is 127. The fraction of sp³-hybridized carbons (Fsp3) is 0.579. The highest BCUT2D eigenvalue weighted by Gasteiger charge is 2.23. The molecule has 1 amide bonds. The van der Waals surface area contributed by atoms with Gasteiger partial charge in [0, 0.05) is 32.7 Å². The summed E-state index contributed by atoms with van der Waals surface area (Å²) >= 11 is 0. The molecule has 1 saturated heterocycles. The summed E-state index contributed by atoms with van der Waals surface area (Å²) in [7, 11) is 0. The second kappa shape index (κ2) is 12.6. The molecular formula is C19H30FIN4O3. The van der Waals surface area contributed by atoms with Gasteiger partial charge in [-0.3, -0.25) is 0 Å². The lowest BCUT2D eigenvalue weighted by Gasteiger charge is -2.35. The molecular weight excluding hydrogens is 478 g/mol. The molecule has 7 nitrogen and oxygen atoms in total. The van der Waals surface area contributed by atoms with E-state index in [9.17, 15) is 9.18 Å². The molecule has 1 N–H and O–H groups in total. The number of nitrogens with one attached hydrogen (secondary N) is 1. The van der Waals surface area contributed by atoms with Crippen LogP contribution in [0.25, 0.3) is 0 Å². The number of nitrogens with zero attached hydrogens (tertiary/aromatic N) is 3. The van der Waals surface area contributed by atoms with Crippen LogP contribution in [0.15, 0.2) is 23.2 Å². The third-order valence-electron chi connectivity index (χ3n) is 4.15. The normalized spacial score (nSPS) is 14.4. The third kappa shape index (κ3) is 6.99. The van der Waals surface area contributed by atoms with Gasteiger partial charge in [0.25, 0.3) is 0 Å². The number of benzene rings is 1. The minimum Gasteiger partial charge on any atom is -0.491 e. The number of rotatable bonds is 6. The molecule has 1 aliphatic rings. The molecule has 0 saturated carbocycles. The average Bonchev–Trinajstić information content (AvgIpc) is 2.67. The van der Waals surface area contributed by atoms with Gasteiger partial charge in [0.05, 0.1) is 19.8 Å². The van der Waals surface area contributed by atoms with Crippen LogP contribution in [0.1, 0.15) is 26.3 Å². The summed E-state index contributed by atoms with van der Waals surface area (Å²) in [6.45, 7) is 10.0. The summed E-state index contributed by atoms with van der Waals surface area (Å²) in [4.78, 5) is 20.2. The van der Waals surface area contributed by atoms with Crippen molar-refractivity contribution >= 4 is 36.0 Å². The van der Waals surface area contributed by atoms with Gasteiger partial charge in [-0.1, -0.05) is 6.07 Å². The van der Waals surface area contributed by atoms with E-state index < -0.39 is 0 Å². The van der Waals surface area contributed by atoms with Gasteiger partial charge in [0.2, 0.25) is 0 Å². The van der Waals surface area contributed by atoms with E-state index in [0.717, 1.165) is 18.1 Å². The third-order valence-corrected chi connectivity index (χ3v) is 4.15. The van der Waals surface area contributed by atoms with E-state index >= 15 is 0 Å². The van der Waals surface area contributed by atoms with E-state index in [4.69, 9.17) is 9.47 Å². The van der Waals surface area contributed by atoms with Gasteiger partial charge in [-0.2, -0.15) is 0 Å². The smallest absolute Gasteiger partial charge is 0.409 e. The van der Waals surface area contributed by atoms with Crippen molar-refractivity contribution in [3.63, 3.8) is 0 Å². The number of hydrogen-bond donors (Lipinski definition) is 1. The lowest BCUT2D eigenvalue weighted by Crippen LogP contribution is -2.53. The number of hydrogen-bond acceptors (Lipinski definition) is 4. The highest BCUT2D eigenvalue weighted by molar-refractivity contribution is 14.0. The molecule has 0 aliphatic carbocycles. The van der Waals surface area contributed by atoms with Crippen LogP contribution in [0.4, 0.5) is 9.18 Å². The number of ether oxygens (including phenoxy) is 2. The Balaban J connectivity index is 0.00000392. The van der Waals surface area contributed by atoms with Crippen LogP contribution in [0.2, 0.25) is 0 Å². The van der Waals surface area contributed by atoms with Crippen LogP contribution >= 0.6 is 24.0 Å². The minimum absolute atomic E-state index is 0. The van der Waals surface area contributed by atoms with E-state index in [2.05, 4.69) is 15.2 Å². The highest BCUT2D eigenvalue weighted by Crippen LogP contribution is 2.19. The maximum Gasteiger partial charge on any atom is 0.409 e. The van der Waals surface area contributed by atoms with Crippen molar-refractivity contribution in [2.24, 2.45) is 4.99 Å². The Hall–Kier alpha value is -1.78. The maximum absolute atomic E-state index is 14.0. The standard InChI is InChI=1S/C19H29FN4O3.HI/c1-4-21-18(23-9-11-24(12-10-23)19(25)27-6-3)22-14-15-7-8-17(26-5-2)16(20)13-15;/h7-8,13H,4-6,9-12,14H2,1-3H3,(H,21,22);1H. The first-order valence-electron chi connectivity index (χ1n) is 9.45. The fourth-order valence-corrected chi connectivity index (χ4v) is 2.82. The molecule has 0 bridgehead atoms. The van der Waals surface area contributed by atoms with E-state index in [0.29, 0.717) is 45.9 Å². The second-order valence-electron chi connectivity index (χ2n) is 6.04. The molecule has 0 unspecified atom stereocenters. The Morgan fingerprint density at radius 2 is 1.82 bits per heavy atom. The Labute approximate surface area is 183 Å². The quantitative estimate of drug-likeness (QED) is 0.364. The lowest BCUT2D eigenvalue weighted by atomic mass is 10.2. The van der Waals surface area contributed by atoms with E-state index in [1.54, 1.807) is 17.9 Å². The summed E-state index contributed by atoms with van der Waals surface area (Å²) < 4.78 is 24.3. The summed E-state index contributed by atoms with van der Waals surface area (Å²) in [6.07, 6.45) is -0.274. The summed E-state index contributed by atoms with van der Waals surface area (Å²) in [6, 6.07) is 4.91. The molecule has 0 aromatic heterocycles. The van der Waals surface area contributed by atoms with Crippen molar-refractivity contribution in [3.8, 4) is 5.75 Å². The van der Waals surface area contributed by atoms with Crippen molar-refractivity contribution in [1.29, 1.82) is 0 Å². The lowest BCUT2D eigenvalue weighted by molar-refractivity contribution is 0.0914. The number of halogens is 2. The average molecular weight is 508 g/mol. The van der Waals surface area contributed by atoms with Crippen LogP contribution in [0.3, 0.4) is 0 Å². The molecule has 0 atom stereocenters. The van der Waals surface area contributed by atoms with Crippen LogP contribution in [-0.4, -0.2) is 67.8 Å². The first-order chi connectivity index (χ1) is 13.1. The Morgan fingerprint density at radius 1 is 1.14 bits per heavy atom. The predicted octanol–water partition coefficient (Wildman–Crippen LogP) is 3.08. The zero-order valence-corrected chi connectivity index (χ0v) is 19.1. The second-order valence-corrected chi connectivity index (χ2v) is 6.04. The molecule has 1 fully saturated rings. The van der Waals surface area contributed by atoms with Crippen molar-refractivity contribution in [2.45, 2.75) is 27.3 Å². The summed E-state index contributed by atoms with van der Waals surface area (Å²) in [5.74, 6) is 0.639. The number of carbonyl (C=O) groups excluding carboxylic acids is 1. The van der Waals surface area contributed by atoms with Gasteiger partial charge >= 0.3 is 6.09 Å². The Morgan fingerprint density at radius 3 is 2.39 bits per heavy atom. The molecule has 28 heavy (non-hydrogen) atoms. The number of amides is 1. The number of aliphatic imine (C=N–C) groups is 1. The van der Waals surface area contributed by atoms with Gasteiger partial charge in [-0.05, 0) is 38.5 Å². The summed E-state index contributed by atoms with van der Waals surface area (Å²) in [5, 5.41) is 3.26. The van der Waals surface area contributed by atoms with Gasteiger partial charge < -0.3 is 24.6 Å². The fourth-order valence-electron chi connectivity index (χ4n) is 2.82. The molecule has 0 spiro atoms. The first-order valence-corrected chi connectivity index (χ1v) is 9.45. The van der Waals surface area contributed by atoms with Gasteiger partial charge in [-0.25, -0.2) is 14.2 Å². The number of piperazine rings is 1. The van der Waals surface area contributed by atoms with Crippen LogP contribution in [-0.2, 0) is 11.3 Å². The van der Waals surface area contributed by atoms with Crippen LogP contribution < -0.4 is 10.1 Å². The molecule has 1 aromatic carbocycles. The van der Waals surface area contributed by atoms with E-state index in [1.165, 1.54) is 6.07 Å². The maximum atomic E-state index is 14.0. The van der Waals surface area contributed by atoms with Gasteiger partial charge in [0.15, 0.2) is 17.5 Å². The topological polar surface area (TPSA) is 66.4 Å². The number of carbonyl (C=O) groups is 1. The summed E-state index contributed by atoms with van der Waals surface area (Å²) in [5.41, 5.74) is 0.775. The van der Waals surface area contributed by atoms with Crippen molar-refractivity contribution in [1.82, 2.24) is 15.1 Å². The SMILES string of the molecule is CCNC(=NCc1ccc(OCC)c(F)c1)N1CCN(C(=O)OCC)CC1.I. The molecule has 2 rings (SSSR count). The van der Waals surface area contributed by atoms with Gasteiger partial charge in [-0.15, -0.1) is 24.0 Å². The van der Waals surface area contributed by atoms with Gasteiger partial charge in [0.1, 0.15) is 0 Å². The molecule has 1 aliphatic heterocycles. The van der Waals surface area contributed by atoms with Crippen molar-refractivity contribution in [2.75, 3.05) is 45.9 Å². The van der Waals surface area contributed by atoms with E-state index in [1.807, 2.05) is 19.9 Å². The Kier molecular flexibility index (Phi) is 10.9. The van der Waals surface area contributed by atoms with Crippen molar-refractivity contribution in [3.05, 3.63) is 29.6 Å². The zero-order valence-electron chi connectivity index (χ0n) is 16.7. The molecule has 1 aromatic rings. The molecule has 1 heterocycles. The molecule has 158 valence electrons. The first kappa shape index (κ1) is 24.3. The van der Waals surface area contributed by atoms with Crippen molar-refractivity contribution < 1.29 is 18.7 Å². The van der Waals surface area contributed by atoms with Crippen LogP contribution in [0, 0.1) is 5.82 Å². The van der Waals surface area contributed by atoms with E-state index in [-0.39, 0.29) is 41.6 Å². The van der Waals surface area contributed by atoms with Crippen LogP contribution in [0.5, 0.6) is 5.75 Å².